The van der Waals surface area contributed by atoms with E-state index in [9.17, 15) is 5.11 Å². The summed E-state index contributed by atoms with van der Waals surface area (Å²) in [7, 11) is -1.75. The van der Waals surface area contributed by atoms with E-state index >= 15 is 0 Å². The Balaban J connectivity index is 2.75. The van der Waals surface area contributed by atoms with Gasteiger partial charge >= 0.3 is 0 Å². The Hall–Kier alpha value is -0.943. The molecule has 0 saturated heterocycles. The monoisotopic (exact) mass is 392 g/mol. The lowest BCUT2D eigenvalue weighted by Crippen LogP contribution is -2.45. The van der Waals surface area contributed by atoms with Crippen LogP contribution in [-0.4, -0.2) is 32.2 Å². The Morgan fingerprint density at radius 3 is 2.19 bits per heavy atom. The van der Waals surface area contributed by atoms with Gasteiger partial charge < -0.3 is 14.3 Å². The summed E-state index contributed by atoms with van der Waals surface area (Å²) in [6.45, 7) is 16.0. The second kappa shape index (κ2) is 12.5. The first-order valence-corrected chi connectivity index (χ1v) is 13.1. The molecule has 4 heteroatoms. The van der Waals surface area contributed by atoms with Gasteiger partial charge in [-0.2, -0.15) is 0 Å². The molecule has 0 spiro atoms. The number of hydrogen-bond donors (Lipinski definition) is 1. The van der Waals surface area contributed by atoms with Crippen molar-refractivity contribution in [3.63, 3.8) is 0 Å². The van der Waals surface area contributed by atoms with Crippen LogP contribution in [0.4, 0.5) is 0 Å². The molecule has 3 nitrogen and oxygen atoms in total. The maximum atomic E-state index is 10.7. The Labute approximate surface area is 167 Å². The third kappa shape index (κ3) is 7.53. The van der Waals surface area contributed by atoms with Crippen LogP contribution in [0, 0.1) is 11.8 Å². The normalized spacial score (nSPS) is 16.5. The molecule has 27 heavy (non-hydrogen) atoms. The van der Waals surface area contributed by atoms with Crippen molar-refractivity contribution < 1.29 is 14.3 Å². The molecule has 0 fully saturated rings. The van der Waals surface area contributed by atoms with E-state index in [0.717, 1.165) is 24.6 Å². The van der Waals surface area contributed by atoms with E-state index in [2.05, 4.69) is 46.4 Å². The van der Waals surface area contributed by atoms with E-state index in [1.54, 1.807) is 0 Å². The number of aliphatic hydroxyl groups is 1. The molecule has 0 heterocycles. The molecule has 1 aromatic rings. The van der Waals surface area contributed by atoms with Crippen molar-refractivity contribution in [2.75, 3.05) is 6.61 Å². The molecule has 0 aliphatic heterocycles. The molecular formula is C23H40O3Si. The quantitative estimate of drug-likeness (QED) is 0.247. The van der Waals surface area contributed by atoms with Gasteiger partial charge in [-0.25, -0.2) is 0 Å². The zero-order valence-electron chi connectivity index (χ0n) is 18.0. The van der Waals surface area contributed by atoms with Gasteiger partial charge in [-0.05, 0) is 30.1 Å². The molecule has 1 rings (SSSR count). The molecule has 0 amide bonds. The maximum absolute atomic E-state index is 10.7. The standard InChI is InChI=1S/C23H40O3Si/c1-7-19(5)23(24)20(6)22(26-27(8-2,9-3)10-4)16-17-25-18-21-14-12-11-13-15-21/h7,11-15,19-20,22-24H,1,8-10,16-18H2,2-6H3/t19-,20-,22+,23-/m0/s1. The summed E-state index contributed by atoms with van der Waals surface area (Å²) in [6, 6.07) is 13.6. The Morgan fingerprint density at radius 2 is 1.67 bits per heavy atom. The molecule has 0 radical (unpaired) electrons. The van der Waals surface area contributed by atoms with Crippen LogP contribution in [0.5, 0.6) is 0 Å². The van der Waals surface area contributed by atoms with E-state index in [1.807, 2.05) is 31.2 Å². The van der Waals surface area contributed by atoms with Crippen LogP contribution >= 0.6 is 0 Å². The van der Waals surface area contributed by atoms with Crippen LogP contribution in [0.3, 0.4) is 0 Å². The van der Waals surface area contributed by atoms with Gasteiger partial charge in [0.15, 0.2) is 8.32 Å². The van der Waals surface area contributed by atoms with Gasteiger partial charge in [0.1, 0.15) is 0 Å². The number of ether oxygens (including phenoxy) is 1. The molecule has 4 atom stereocenters. The van der Waals surface area contributed by atoms with Gasteiger partial charge in [0.05, 0.1) is 18.8 Å². The molecule has 1 N–H and O–H groups in total. The Morgan fingerprint density at radius 1 is 1.07 bits per heavy atom. The molecular weight excluding hydrogens is 352 g/mol. The van der Waals surface area contributed by atoms with Crippen LogP contribution in [0.2, 0.25) is 18.1 Å². The van der Waals surface area contributed by atoms with Crippen molar-refractivity contribution >= 4 is 8.32 Å². The molecule has 154 valence electrons. The summed E-state index contributed by atoms with van der Waals surface area (Å²) in [5, 5.41) is 10.7. The molecule has 1 aromatic carbocycles. The lowest BCUT2D eigenvalue weighted by atomic mass is 9.88. The van der Waals surface area contributed by atoms with E-state index in [1.165, 1.54) is 5.56 Å². The molecule has 0 aliphatic carbocycles. The molecule has 0 aliphatic rings. The highest BCUT2D eigenvalue weighted by atomic mass is 28.4. The first kappa shape index (κ1) is 24.1. The second-order valence-corrected chi connectivity index (χ2v) is 12.4. The number of hydrogen-bond acceptors (Lipinski definition) is 3. The number of rotatable bonds is 14. The van der Waals surface area contributed by atoms with Gasteiger partial charge in [-0.15, -0.1) is 6.58 Å². The largest absolute Gasteiger partial charge is 0.413 e. The van der Waals surface area contributed by atoms with Crippen molar-refractivity contribution in [3.8, 4) is 0 Å². The highest BCUT2D eigenvalue weighted by molar-refractivity contribution is 6.73. The Kier molecular flexibility index (Phi) is 11.2. The lowest BCUT2D eigenvalue weighted by molar-refractivity contribution is -0.00763. The van der Waals surface area contributed by atoms with Crippen molar-refractivity contribution in [1.29, 1.82) is 0 Å². The van der Waals surface area contributed by atoms with Crippen LogP contribution in [0.15, 0.2) is 43.0 Å². The highest BCUT2D eigenvalue weighted by Crippen LogP contribution is 2.30. The van der Waals surface area contributed by atoms with E-state index in [0.29, 0.717) is 13.2 Å². The minimum Gasteiger partial charge on any atom is -0.413 e. The summed E-state index contributed by atoms with van der Waals surface area (Å²) in [6.07, 6.45) is 2.21. The number of benzene rings is 1. The number of aliphatic hydroxyl groups excluding tert-OH is 1. The van der Waals surface area contributed by atoms with Gasteiger partial charge in [-0.3, -0.25) is 0 Å². The fraction of sp³-hybridized carbons (Fsp3) is 0.652. The van der Waals surface area contributed by atoms with Gasteiger partial charge in [0.25, 0.3) is 0 Å². The zero-order chi connectivity index (χ0) is 20.3. The average molecular weight is 393 g/mol. The van der Waals surface area contributed by atoms with Crippen molar-refractivity contribution in [2.45, 2.75) is 78.0 Å². The molecule has 0 bridgehead atoms. The smallest absolute Gasteiger partial charge is 0.192 e. The molecule has 0 unspecified atom stereocenters. The van der Waals surface area contributed by atoms with Crippen molar-refractivity contribution in [2.24, 2.45) is 11.8 Å². The lowest BCUT2D eigenvalue weighted by Gasteiger charge is -2.38. The van der Waals surface area contributed by atoms with Gasteiger partial charge in [0, 0.05) is 18.4 Å². The summed E-state index contributed by atoms with van der Waals surface area (Å²) in [5.41, 5.74) is 1.18. The van der Waals surface area contributed by atoms with E-state index in [-0.39, 0.29) is 17.9 Å². The van der Waals surface area contributed by atoms with E-state index < -0.39 is 14.4 Å². The molecule has 0 saturated carbocycles. The zero-order valence-corrected chi connectivity index (χ0v) is 19.0. The highest BCUT2D eigenvalue weighted by Gasteiger charge is 2.36. The third-order valence-electron chi connectivity index (χ3n) is 6.03. The first-order valence-electron chi connectivity index (χ1n) is 10.5. The summed E-state index contributed by atoms with van der Waals surface area (Å²) in [5.74, 6) is 0.104. The van der Waals surface area contributed by atoms with Gasteiger partial charge in [0.2, 0.25) is 0 Å². The maximum Gasteiger partial charge on any atom is 0.192 e. The fourth-order valence-corrected chi connectivity index (χ4v) is 6.53. The third-order valence-corrected chi connectivity index (χ3v) is 10.7. The van der Waals surface area contributed by atoms with Gasteiger partial charge in [-0.1, -0.05) is 71.0 Å². The Bertz CT molecular complexity index is 507. The van der Waals surface area contributed by atoms with Crippen LogP contribution in [-0.2, 0) is 15.8 Å². The van der Waals surface area contributed by atoms with E-state index in [4.69, 9.17) is 9.16 Å². The SMILES string of the molecule is C=C[C@H](C)[C@H](O)[C@@H](C)[C@@H](CCOCc1ccccc1)O[Si](CC)(CC)CC. The molecule has 0 aromatic heterocycles. The topological polar surface area (TPSA) is 38.7 Å². The summed E-state index contributed by atoms with van der Waals surface area (Å²) in [4.78, 5) is 0. The minimum atomic E-state index is -1.75. The fourth-order valence-electron chi connectivity index (χ4n) is 3.55. The first-order chi connectivity index (χ1) is 12.9. The minimum absolute atomic E-state index is 0.0182. The summed E-state index contributed by atoms with van der Waals surface area (Å²) >= 11 is 0. The van der Waals surface area contributed by atoms with Crippen LogP contribution < -0.4 is 0 Å². The van der Waals surface area contributed by atoms with Crippen LogP contribution in [0.25, 0.3) is 0 Å². The predicted molar refractivity (Wildman–Crippen MR) is 117 cm³/mol. The average Bonchev–Trinajstić information content (AvgIpc) is 2.72. The second-order valence-electron chi connectivity index (χ2n) is 7.67. The van der Waals surface area contributed by atoms with Crippen LogP contribution in [0.1, 0.15) is 46.6 Å². The predicted octanol–water partition coefficient (Wildman–Crippen LogP) is 5.80. The van der Waals surface area contributed by atoms with Crippen molar-refractivity contribution in [3.05, 3.63) is 48.6 Å². The summed E-state index contributed by atoms with van der Waals surface area (Å²) < 4.78 is 12.7. The van der Waals surface area contributed by atoms with Crippen molar-refractivity contribution in [1.82, 2.24) is 0 Å².